The van der Waals surface area contributed by atoms with E-state index in [1.54, 1.807) is 0 Å². The molecule has 0 spiro atoms. The minimum absolute atomic E-state index is 0.748. The van der Waals surface area contributed by atoms with Crippen LogP contribution in [0.5, 0.6) is 0 Å². The summed E-state index contributed by atoms with van der Waals surface area (Å²) < 4.78 is 6.30. The van der Waals surface area contributed by atoms with Gasteiger partial charge in [0.25, 0.3) is 0 Å². The van der Waals surface area contributed by atoms with Crippen molar-refractivity contribution >= 4 is 26.6 Å². The van der Waals surface area contributed by atoms with Gasteiger partial charge in [-0.3, -0.25) is 0 Å². The zero-order chi connectivity index (χ0) is 13.1. The monoisotopic (exact) mass is 321 g/mol. The summed E-state index contributed by atoms with van der Waals surface area (Å²) >= 11 is 2.54. The Kier molecular flexibility index (Phi) is 3.78. The Morgan fingerprint density at radius 1 is 1.11 bits per heavy atom. The third kappa shape index (κ3) is 2.78. The molecular weight excluding hydrogens is 305 g/mol. The molecule has 0 atom stereocenters. The zero-order valence-electron chi connectivity index (χ0n) is 10.5. The molecule has 4 nitrogen and oxygen atoms in total. The quantitative estimate of drug-likeness (QED) is 0.756. The van der Waals surface area contributed by atoms with Crippen molar-refractivity contribution in [3.05, 3.63) is 36.5 Å². The molecular formula is C14H15N3OSe. The van der Waals surface area contributed by atoms with E-state index in [4.69, 9.17) is 4.74 Å². The molecule has 1 aliphatic rings. The molecule has 0 unspecified atom stereocenters. The van der Waals surface area contributed by atoms with E-state index in [-0.39, 0.29) is 0 Å². The van der Waals surface area contributed by atoms with Gasteiger partial charge in [-0.2, -0.15) is 0 Å². The predicted molar refractivity (Wildman–Crippen MR) is 77.3 cm³/mol. The minimum atomic E-state index is 0.748. The van der Waals surface area contributed by atoms with Crippen LogP contribution in [-0.4, -0.2) is 52.3 Å². The summed E-state index contributed by atoms with van der Waals surface area (Å²) in [6.45, 7) is 3.21. The number of ether oxygens (including phenoxy) is 1. The standard InChI is InChI=1S/C14H15N3OSe/c19-13-12(11-4-2-1-3-5-11)10-15-14(16-13)17-6-8-18-9-7-17/h1-5,10H,6-9H2,(H,15,16,19). The molecule has 98 valence electrons. The van der Waals surface area contributed by atoms with Crippen LogP contribution < -0.4 is 9.49 Å². The number of morpholine rings is 1. The number of hydrogen-bond acceptors (Lipinski definition) is 4. The average molecular weight is 320 g/mol. The maximum absolute atomic E-state index is 5.34. The van der Waals surface area contributed by atoms with Crippen molar-refractivity contribution in [3.8, 4) is 11.1 Å². The van der Waals surface area contributed by atoms with E-state index in [1.165, 1.54) is 0 Å². The van der Waals surface area contributed by atoms with Gasteiger partial charge in [-0.05, 0) is 0 Å². The van der Waals surface area contributed by atoms with Crippen molar-refractivity contribution in [2.45, 2.75) is 0 Å². The van der Waals surface area contributed by atoms with Gasteiger partial charge in [0.05, 0.1) is 0 Å². The number of rotatable bonds is 2. The third-order valence-electron chi connectivity index (χ3n) is 3.13. The van der Waals surface area contributed by atoms with Crippen LogP contribution in [0.15, 0.2) is 36.5 Å². The van der Waals surface area contributed by atoms with Crippen molar-refractivity contribution in [3.63, 3.8) is 0 Å². The molecule has 1 saturated heterocycles. The fraction of sp³-hybridized carbons (Fsp3) is 0.286. The molecule has 5 heteroatoms. The van der Waals surface area contributed by atoms with Gasteiger partial charge in [-0.25, -0.2) is 0 Å². The molecule has 3 rings (SSSR count). The van der Waals surface area contributed by atoms with Crippen molar-refractivity contribution in [1.29, 1.82) is 0 Å². The van der Waals surface area contributed by atoms with E-state index in [2.05, 4.69) is 43.0 Å². The van der Waals surface area contributed by atoms with Gasteiger partial charge >= 0.3 is 120 Å². The third-order valence-corrected chi connectivity index (χ3v) is 3.85. The Hall–Kier alpha value is -1.42. The van der Waals surface area contributed by atoms with E-state index in [9.17, 15) is 0 Å². The molecule has 1 aromatic carbocycles. The fourth-order valence-corrected chi connectivity index (χ4v) is 2.68. The molecule has 1 aromatic heterocycles. The van der Waals surface area contributed by atoms with Crippen LogP contribution in [0.3, 0.4) is 0 Å². The molecule has 1 aliphatic heterocycles. The average Bonchev–Trinajstić information content (AvgIpc) is 2.49. The number of nitrogens with zero attached hydrogens (tertiary/aromatic N) is 3. The van der Waals surface area contributed by atoms with Gasteiger partial charge in [0.1, 0.15) is 0 Å². The normalized spacial score (nSPS) is 15.5. The van der Waals surface area contributed by atoms with Crippen LogP contribution in [-0.2, 0) is 4.74 Å². The van der Waals surface area contributed by atoms with Crippen LogP contribution in [0, 0.1) is 0 Å². The Labute approximate surface area is 120 Å². The van der Waals surface area contributed by atoms with Crippen molar-refractivity contribution in [2.24, 2.45) is 0 Å². The molecule has 19 heavy (non-hydrogen) atoms. The topological polar surface area (TPSA) is 38.2 Å². The molecule has 0 radical (unpaired) electrons. The van der Waals surface area contributed by atoms with Crippen LogP contribution >= 0.6 is 0 Å². The molecule has 1 fully saturated rings. The Morgan fingerprint density at radius 3 is 2.53 bits per heavy atom. The van der Waals surface area contributed by atoms with Gasteiger partial charge in [0.2, 0.25) is 0 Å². The first-order valence-corrected chi connectivity index (χ1v) is 7.22. The predicted octanol–water partition coefficient (Wildman–Crippen LogP) is 0.506. The van der Waals surface area contributed by atoms with Gasteiger partial charge in [-0.15, -0.1) is 0 Å². The first kappa shape index (κ1) is 12.6. The Balaban J connectivity index is 1.89. The van der Waals surface area contributed by atoms with Crippen LogP contribution in [0.4, 0.5) is 5.95 Å². The van der Waals surface area contributed by atoms with E-state index in [0.717, 1.165) is 48.0 Å². The van der Waals surface area contributed by atoms with Gasteiger partial charge < -0.3 is 0 Å². The van der Waals surface area contributed by atoms with Crippen molar-refractivity contribution in [1.82, 2.24) is 9.97 Å². The zero-order valence-corrected chi connectivity index (χ0v) is 12.4. The second-order valence-electron chi connectivity index (χ2n) is 4.37. The van der Waals surface area contributed by atoms with E-state index < -0.39 is 0 Å². The summed E-state index contributed by atoms with van der Waals surface area (Å²) in [4.78, 5) is 11.3. The number of hydrogen-bond donors (Lipinski definition) is 0. The van der Waals surface area contributed by atoms with Gasteiger partial charge in [0, 0.05) is 0 Å². The number of benzene rings is 1. The van der Waals surface area contributed by atoms with E-state index in [0.29, 0.717) is 0 Å². The molecule has 0 aliphatic carbocycles. The second-order valence-corrected chi connectivity index (χ2v) is 5.26. The maximum atomic E-state index is 5.34. The Morgan fingerprint density at radius 2 is 1.84 bits per heavy atom. The molecule has 0 saturated carbocycles. The van der Waals surface area contributed by atoms with Crippen LogP contribution in [0.1, 0.15) is 0 Å². The van der Waals surface area contributed by atoms with E-state index >= 15 is 0 Å². The molecule has 2 aromatic rings. The summed E-state index contributed by atoms with van der Waals surface area (Å²) in [5.41, 5.74) is 2.21. The summed E-state index contributed by atoms with van der Waals surface area (Å²) in [6, 6.07) is 10.2. The summed E-state index contributed by atoms with van der Waals surface area (Å²) in [5.74, 6) is 0.790. The molecule has 2 heterocycles. The first-order valence-electron chi connectivity index (χ1n) is 6.29. The molecule has 0 N–H and O–H groups in total. The number of aromatic nitrogens is 2. The van der Waals surface area contributed by atoms with Crippen molar-refractivity contribution in [2.75, 3.05) is 31.2 Å². The van der Waals surface area contributed by atoms with Gasteiger partial charge in [-0.1, -0.05) is 0 Å². The SMILES string of the molecule is [SeH]c1nc(N2CCOCC2)ncc1-c1ccccc1. The summed E-state index contributed by atoms with van der Waals surface area (Å²) in [7, 11) is 0. The summed E-state index contributed by atoms with van der Waals surface area (Å²) in [5, 5.41) is 0. The van der Waals surface area contributed by atoms with Crippen LogP contribution in [0.25, 0.3) is 11.1 Å². The Bertz CT molecular complexity index is 556. The molecule has 0 amide bonds. The van der Waals surface area contributed by atoms with Crippen LogP contribution in [0.2, 0.25) is 0 Å². The fourth-order valence-electron chi connectivity index (χ4n) is 2.10. The summed E-state index contributed by atoms with van der Waals surface area (Å²) in [6.07, 6.45) is 1.90. The second kappa shape index (κ2) is 5.70. The van der Waals surface area contributed by atoms with E-state index in [1.807, 2.05) is 24.4 Å². The number of anilines is 1. The first-order chi connectivity index (χ1) is 9.34. The molecule has 0 bridgehead atoms. The van der Waals surface area contributed by atoms with Crippen molar-refractivity contribution < 1.29 is 4.74 Å². The van der Waals surface area contributed by atoms with Gasteiger partial charge in [0.15, 0.2) is 0 Å².